The van der Waals surface area contributed by atoms with Gasteiger partial charge in [-0.25, -0.2) is 4.79 Å². The second kappa shape index (κ2) is 9.28. The Hall–Kier alpha value is -2.26. The van der Waals surface area contributed by atoms with E-state index in [2.05, 4.69) is 11.4 Å². The molecule has 0 aliphatic rings. The van der Waals surface area contributed by atoms with Crippen LogP contribution in [0.4, 0.5) is 0 Å². The largest absolute Gasteiger partial charge is 0.449 e. The summed E-state index contributed by atoms with van der Waals surface area (Å²) in [7, 11) is 0. The van der Waals surface area contributed by atoms with Gasteiger partial charge in [-0.1, -0.05) is 26.0 Å². The lowest BCUT2D eigenvalue weighted by molar-refractivity contribution is -0.150. The van der Waals surface area contributed by atoms with Gasteiger partial charge in [0.1, 0.15) is 5.54 Å². The Morgan fingerprint density at radius 3 is 2.36 bits per heavy atom. The minimum atomic E-state index is -1.01. The van der Waals surface area contributed by atoms with Gasteiger partial charge in [-0.3, -0.25) is 4.79 Å². The van der Waals surface area contributed by atoms with E-state index in [1.54, 1.807) is 24.8 Å². The van der Waals surface area contributed by atoms with Gasteiger partial charge < -0.3 is 10.1 Å². The number of thioether (sulfide) groups is 1. The van der Waals surface area contributed by atoms with Crippen molar-refractivity contribution in [1.82, 2.24) is 5.32 Å². The number of esters is 1. The van der Waals surface area contributed by atoms with Crippen LogP contribution in [0.2, 0.25) is 0 Å². The molecule has 0 saturated heterocycles. The number of nitrogens with one attached hydrogen (secondary N) is 1. The first-order valence-corrected chi connectivity index (χ1v) is 9.20. The lowest BCUT2D eigenvalue weighted by Gasteiger charge is -2.28. The summed E-state index contributed by atoms with van der Waals surface area (Å²) in [4.78, 5) is 25.1. The second-order valence-electron chi connectivity index (χ2n) is 6.14. The van der Waals surface area contributed by atoms with Crippen molar-refractivity contribution >= 4 is 29.7 Å². The maximum atomic E-state index is 12.1. The van der Waals surface area contributed by atoms with E-state index >= 15 is 0 Å². The Bertz CT molecular complexity index is 677. The SMILES string of the molecule is CSc1ccc(/C=C/C(=O)O[C@@H](C)C(=O)N[C@](C)(C#N)C(C)C)cc1. The second-order valence-corrected chi connectivity index (χ2v) is 7.02. The summed E-state index contributed by atoms with van der Waals surface area (Å²) in [5, 5.41) is 11.9. The van der Waals surface area contributed by atoms with Gasteiger partial charge in [0.25, 0.3) is 5.91 Å². The molecule has 1 aromatic rings. The van der Waals surface area contributed by atoms with Crippen LogP contribution in [0.3, 0.4) is 0 Å². The fourth-order valence-electron chi connectivity index (χ4n) is 1.81. The number of hydrogen-bond donors (Lipinski definition) is 1. The molecule has 0 aromatic heterocycles. The van der Waals surface area contributed by atoms with E-state index in [0.717, 1.165) is 10.5 Å². The maximum absolute atomic E-state index is 12.1. The molecule has 0 heterocycles. The van der Waals surface area contributed by atoms with Crippen LogP contribution in [0.1, 0.15) is 33.3 Å². The summed E-state index contributed by atoms with van der Waals surface area (Å²) >= 11 is 1.64. The standard InChI is InChI=1S/C19H24N2O3S/c1-13(2)19(4,12-20)21-18(23)14(3)24-17(22)11-8-15-6-9-16(25-5)10-7-15/h6-11,13-14H,1-5H3,(H,21,23)/b11-8+/t14-,19+/m0/s1. The third kappa shape index (κ3) is 6.28. The summed E-state index contributed by atoms with van der Waals surface area (Å²) in [6.45, 7) is 6.80. The molecule has 134 valence electrons. The summed E-state index contributed by atoms with van der Waals surface area (Å²) in [5.74, 6) is -1.18. The van der Waals surface area contributed by atoms with E-state index in [9.17, 15) is 14.9 Å². The normalized spacial score (nSPS) is 14.6. The Morgan fingerprint density at radius 2 is 1.88 bits per heavy atom. The van der Waals surface area contributed by atoms with E-state index in [-0.39, 0.29) is 5.92 Å². The van der Waals surface area contributed by atoms with Crippen molar-refractivity contribution in [2.75, 3.05) is 6.26 Å². The third-order valence-electron chi connectivity index (χ3n) is 3.96. The summed E-state index contributed by atoms with van der Waals surface area (Å²) < 4.78 is 5.10. The van der Waals surface area contributed by atoms with Crippen molar-refractivity contribution in [3.05, 3.63) is 35.9 Å². The minimum Gasteiger partial charge on any atom is -0.449 e. The maximum Gasteiger partial charge on any atom is 0.331 e. The average molecular weight is 360 g/mol. The minimum absolute atomic E-state index is 0.0755. The number of hydrogen-bond acceptors (Lipinski definition) is 5. The molecule has 0 radical (unpaired) electrons. The lowest BCUT2D eigenvalue weighted by atomic mass is 9.90. The van der Waals surface area contributed by atoms with Crippen LogP contribution >= 0.6 is 11.8 Å². The molecular formula is C19H24N2O3S. The third-order valence-corrected chi connectivity index (χ3v) is 4.70. The van der Waals surface area contributed by atoms with Gasteiger partial charge in [0.15, 0.2) is 6.10 Å². The number of ether oxygens (including phenoxy) is 1. The fourth-order valence-corrected chi connectivity index (χ4v) is 2.21. The molecule has 0 bridgehead atoms. The van der Waals surface area contributed by atoms with Gasteiger partial charge >= 0.3 is 5.97 Å². The molecule has 0 spiro atoms. The van der Waals surface area contributed by atoms with Crippen LogP contribution in [0, 0.1) is 17.2 Å². The monoisotopic (exact) mass is 360 g/mol. The van der Waals surface area contributed by atoms with Gasteiger partial charge in [-0.15, -0.1) is 11.8 Å². The first kappa shape index (κ1) is 20.8. The van der Waals surface area contributed by atoms with Crippen LogP contribution in [0.15, 0.2) is 35.2 Å². The van der Waals surface area contributed by atoms with E-state index in [1.165, 1.54) is 13.0 Å². The van der Waals surface area contributed by atoms with Crippen molar-refractivity contribution in [2.45, 2.75) is 44.2 Å². The average Bonchev–Trinajstić information content (AvgIpc) is 2.59. The predicted octanol–water partition coefficient (Wildman–Crippen LogP) is 3.41. The lowest BCUT2D eigenvalue weighted by Crippen LogP contribution is -2.52. The zero-order valence-corrected chi connectivity index (χ0v) is 16.0. The summed E-state index contributed by atoms with van der Waals surface area (Å²) in [5.41, 5.74) is -0.143. The topological polar surface area (TPSA) is 79.2 Å². The molecule has 5 nitrogen and oxygen atoms in total. The molecule has 1 aromatic carbocycles. The Balaban J connectivity index is 2.62. The Morgan fingerprint density at radius 1 is 1.28 bits per heavy atom. The number of benzene rings is 1. The van der Waals surface area contributed by atoms with Crippen molar-refractivity contribution in [3.63, 3.8) is 0 Å². The van der Waals surface area contributed by atoms with Crippen LogP contribution in [-0.4, -0.2) is 29.8 Å². The molecule has 1 amide bonds. The van der Waals surface area contributed by atoms with Crippen molar-refractivity contribution < 1.29 is 14.3 Å². The molecule has 0 aliphatic carbocycles. The highest BCUT2D eigenvalue weighted by atomic mass is 32.2. The molecular weight excluding hydrogens is 336 g/mol. The van der Waals surface area contributed by atoms with Gasteiger partial charge in [0.05, 0.1) is 6.07 Å². The van der Waals surface area contributed by atoms with Gasteiger partial charge in [-0.2, -0.15) is 5.26 Å². The number of rotatable bonds is 7. The molecule has 0 saturated carbocycles. The highest BCUT2D eigenvalue weighted by molar-refractivity contribution is 7.98. The number of nitrogens with zero attached hydrogens (tertiary/aromatic N) is 1. The van der Waals surface area contributed by atoms with Gasteiger partial charge in [-0.05, 0) is 49.8 Å². The molecule has 6 heteroatoms. The molecule has 0 fully saturated rings. The van der Waals surface area contributed by atoms with Gasteiger partial charge in [0, 0.05) is 11.0 Å². The molecule has 0 unspecified atom stereocenters. The van der Waals surface area contributed by atoms with Crippen LogP contribution in [0.25, 0.3) is 6.08 Å². The molecule has 1 rings (SSSR count). The van der Waals surface area contributed by atoms with Crippen molar-refractivity contribution in [1.29, 1.82) is 5.26 Å². The molecule has 25 heavy (non-hydrogen) atoms. The zero-order valence-electron chi connectivity index (χ0n) is 15.2. The Labute approximate surface area is 153 Å². The smallest absolute Gasteiger partial charge is 0.331 e. The van der Waals surface area contributed by atoms with E-state index in [4.69, 9.17) is 4.74 Å². The predicted molar refractivity (Wildman–Crippen MR) is 99.8 cm³/mol. The number of carbonyl (C=O) groups is 2. The van der Waals surface area contributed by atoms with E-state index in [0.29, 0.717) is 0 Å². The zero-order chi connectivity index (χ0) is 19.0. The molecule has 1 N–H and O–H groups in total. The summed E-state index contributed by atoms with van der Waals surface area (Å²) in [6, 6.07) is 9.79. The quantitative estimate of drug-likeness (QED) is 0.458. The van der Waals surface area contributed by atoms with Crippen LogP contribution < -0.4 is 5.32 Å². The van der Waals surface area contributed by atoms with Gasteiger partial charge in [0.2, 0.25) is 0 Å². The Kier molecular flexibility index (Phi) is 7.72. The highest BCUT2D eigenvalue weighted by Gasteiger charge is 2.32. The number of amides is 1. The molecule has 0 aliphatic heterocycles. The number of nitriles is 1. The van der Waals surface area contributed by atoms with Crippen molar-refractivity contribution in [2.24, 2.45) is 5.92 Å². The fraction of sp³-hybridized carbons (Fsp3) is 0.421. The van der Waals surface area contributed by atoms with E-state index < -0.39 is 23.5 Å². The summed E-state index contributed by atoms with van der Waals surface area (Å²) in [6.07, 6.45) is 3.92. The highest BCUT2D eigenvalue weighted by Crippen LogP contribution is 2.16. The molecule has 2 atom stereocenters. The van der Waals surface area contributed by atoms with Crippen LogP contribution in [-0.2, 0) is 14.3 Å². The number of carbonyl (C=O) groups excluding carboxylic acids is 2. The van der Waals surface area contributed by atoms with E-state index in [1.807, 2.05) is 44.4 Å². The first-order chi connectivity index (χ1) is 11.7. The first-order valence-electron chi connectivity index (χ1n) is 7.98. The van der Waals surface area contributed by atoms with Crippen molar-refractivity contribution in [3.8, 4) is 6.07 Å². The van der Waals surface area contributed by atoms with Crippen LogP contribution in [0.5, 0.6) is 0 Å².